The van der Waals surface area contributed by atoms with Gasteiger partial charge in [-0.05, 0) is 49.0 Å². The zero-order chi connectivity index (χ0) is 13.0. The van der Waals surface area contributed by atoms with Crippen LogP contribution >= 0.6 is 0 Å². The van der Waals surface area contributed by atoms with Crippen LogP contribution in [-0.2, 0) is 6.42 Å². The lowest BCUT2D eigenvalue weighted by atomic mass is 9.96. The Hall–Kier alpha value is -1.82. The van der Waals surface area contributed by atoms with Gasteiger partial charge in [0, 0.05) is 0 Å². The summed E-state index contributed by atoms with van der Waals surface area (Å²) in [6.45, 7) is 8.52. The summed E-state index contributed by atoms with van der Waals surface area (Å²) in [5, 5.41) is 0. The van der Waals surface area contributed by atoms with E-state index in [9.17, 15) is 0 Å². The first-order chi connectivity index (χ1) is 8.66. The molecule has 0 heteroatoms. The first-order valence-corrected chi connectivity index (χ1v) is 6.46. The second kappa shape index (κ2) is 5.68. The summed E-state index contributed by atoms with van der Waals surface area (Å²) in [5.41, 5.74) is 6.62. The minimum atomic E-state index is 1.02. The topological polar surface area (TPSA) is 0 Å². The zero-order valence-corrected chi connectivity index (χ0v) is 11.2. The largest absolute Gasteiger partial charge is 0.0952 e. The number of benzene rings is 2. The molecule has 0 atom stereocenters. The van der Waals surface area contributed by atoms with Gasteiger partial charge < -0.3 is 0 Å². The summed E-state index contributed by atoms with van der Waals surface area (Å²) in [6.07, 6.45) is 2.09. The molecule has 0 nitrogen and oxygen atoms in total. The van der Waals surface area contributed by atoms with Crippen LogP contribution in [-0.4, -0.2) is 0 Å². The van der Waals surface area contributed by atoms with Crippen molar-refractivity contribution in [3.8, 4) is 0 Å². The summed E-state index contributed by atoms with van der Waals surface area (Å²) in [7, 11) is 0. The Bertz CT molecular complexity index is 535. The molecule has 0 spiro atoms. The van der Waals surface area contributed by atoms with Crippen LogP contribution in [0.4, 0.5) is 0 Å². The van der Waals surface area contributed by atoms with Gasteiger partial charge in [-0.3, -0.25) is 0 Å². The highest BCUT2D eigenvalue weighted by atomic mass is 14.1. The van der Waals surface area contributed by atoms with Crippen LogP contribution in [0.15, 0.2) is 55.1 Å². The minimum Gasteiger partial charge on any atom is -0.0952 e. The number of hydrogen-bond acceptors (Lipinski definition) is 0. The second-order valence-corrected chi connectivity index (χ2v) is 4.90. The van der Waals surface area contributed by atoms with E-state index in [0.717, 1.165) is 12.8 Å². The lowest BCUT2D eigenvalue weighted by Gasteiger charge is -2.09. The monoisotopic (exact) mass is 236 g/mol. The van der Waals surface area contributed by atoms with E-state index in [1.807, 2.05) is 6.07 Å². The Morgan fingerprint density at radius 1 is 1.00 bits per heavy atom. The highest BCUT2D eigenvalue weighted by molar-refractivity contribution is 5.63. The van der Waals surface area contributed by atoms with Crippen LogP contribution in [0, 0.1) is 13.8 Å². The molecule has 0 aromatic heterocycles. The average molecular weight is 236 g/mol. The molecule has 0 unspecified atom stereocenters. The predicted octanol–water partition coefficient (Wildman–Crippen LogP) is 4.95. The third-order valence-electron chi connectivity index (χ3n) is 3.38. The Morgan fingerprint density at radius 2 is 1.72 bits per heavy atom. The highest BCUT2D eigenvalue weighted by Crippen LogP contribution is 2.20. The fourth-order valence-electron chi connectivity index (χ4n) is 2.17. The van der Waals surface area contributed by atoms with Crippen molar-refractivity contribution in [2.45, 2.75) is 26.7 Å². The van der Waals surface area contributed by atoms with E-state index >= 15 is 0 Å². The van der Waals surface area contributed by atoms with Gasteiger partial charge >= 0.3 is 0 Å². The maximum Gasteiger partial charge on any atom is -0.0230 e. The lowest BCUT2D eigenvalue weighted by molar-refractivity contribution is 0.999. The van der Waals surface area contributed by atoms with Crippen LogP contribution in [0.5, 0.6) is 0 Å². The van der Waals surface area contributed by atoms with Gasteiger partial charge in [0.25, 0.3) is 0 Å². The fraction of sp³-hybridized carbons (Fsp3) is 0.222. The van der Waals surface area contributed by atoms with Gasteiger partial charge in [0.15, 0.2) is 0 Å². The van der Waals surface area contributed by atoms with E-state index in [0.29, 0.717) is 0 Å². The third kappa shape index (κ3) is 3.10. The predicted molar refractivity (Wildman–Crippen MR) is 79.7 cm³/mol. The summed E-state index contributed by atoms with van der Waals surface area (Å²) >= 11 is 0. The standard InChI is InChI=1S/C18H20/c1-14-9-10-16(3)18(13-14)12-11-15(2)17-7-5-4-6-8-17/h4-10,13H,2,11-12H2,1,3H3. The van der Waals surface area contributed by atoms with Gasteiger partial charge in [-0.15, -0.1) is 0 Å². The van der Waals surface area contributed by atoms with E-state index in [1.54, 1.807) is 0 Å². The Kier molecular flexibility index (Phi) is 3.99. The number of rotatable bonds is 4. The zero-order valence-electron chi connectivity index (χ0n) is 11.2. The van der Waals surface area contributed by atoms with Crippen molar-refractivity contribution < 1.29 is 0 Å². The average Bonchev–Trinajstić information content (AvgIpc) is 2.40. The van der Waals surface area contributed by atoms with Crippen molar-refractivity contribution in [3.63, 3.8) is 0 Å². The quantitative estimate of drug-likeness (QED) is 0.704. The minimum absolute atomic E-state index is 1.02. The molecule has 0 radical (unpaired) electrons. The summed E-state index contributed by atoms with van der Waals surface area (Å²) in [6, 6.07) is 17.1. The van der Waals surface area contributed by atoms with Crippen molar-refractivity contribution in [2.24, 2.45) is 0 Å². The van der Waals surface area contributed by atoms with Crippen molar-refractivity contribution in [3.05, 3.63) is 77.4 Å². The van der Waals surface area contributed by atoms with Crippen molar-refractivity contribution in [2.75, 3.05) is 0 Å². The summed E-state index contributed by atoms with van der Waals surface area (Å²) in [5.74, 6) is 0. The molecular weight excluding hydrogens is 216 g/mol. The maximum absolute atomic E-state index is 4.19. The Balaban J connectivity index is 2.04. The molecule has 2 rings (SSSR count). The number of hydrogen-bond donors (Lipinski definition) is 0. The Morgan fingerprint density at radius 3 is 2.44 bits per heavy atom. The Labute approximate surface area is 110 Å². The molecule has 0 heterocycles. The normalized spacial score (nSPS) is 10.3. The molecule has 0 amide bonds. The SMILES string of the molecule is C=C(CCc1cc(C)ccc1C)c1ccccc1. The molecule has 0 aliphatic rings. The van der Waals surface area contributed by atoms with Crippen LogP contribution in [0.3, 0.4) is 0 Å². The molecule has 18 heavy (non-hydrogen) atoms. The molecule has 0 bridgehead atoms. The molecule has 0 aliphatic carbocycles. The summed E-state index contributed by atoms with van der Waals surface area (Å²) in [4.78, 5) is 0. The van der Waals surface area contributed by atoms with E-state index < -0.39 is 0 Å². The van der Waals surface area contributed by atoms with Gasteiger partial charge in [0.1, 0.15) is 0 Å². The number of aryl methyl sites for hydroxylation is 3. The molecular formula is C18H20. The molecule has 2 aromatic rings. The van der Waals surface area contributed by atoms with Crippen molar-refractivity contribution in [1.82, 2.24) is 0 Å². The molecule has 0 fully saturated rings. The molecule has 0 saturated carbocycles. The van der Waals surface area contributed by atoms with E-state index in [2.05, 4.69) is 62.9 Å². The van der Waals surface area contributed by atoms with Crippen LogP contribution in [0.25, 0.3) is 5.57 Å². The van der Waals surface area contributed by atoms with Gasteiger partial charge in [-0.2, -0.15) is 0 Å². The van der Waals surface area contributed by atoms with Crippen LogP contribution in [0.1, 0.15) is 28.7 Å². The fourth-order valence-corrected chi connectivity index (χ4v) is 2.17. The van der Waals surface area contributed by atoms with Crippen LogP contribution in [0.2, 0.25) is 0 Å². The molecule has 2 aromatic carbocycles. The van der Waals surface area contributed by atoms with Crippen molar-refractivity contribution >= 4 is 5.57 Å². The highest BCUT2D eigenvalue weighted by Gasteiger charge is 2.02. The van der Waals surface area contributed by atoms with Gasteiger partial charge in [0.05, 0.1) is 0 Å². The molecule has 92 valence electrons. The molecule has 0 N–H and O–H groups in total. The first kappa shape index (κ1) is 12.6. The first-order valence-electron chi connectivity index (χ1n) is 6.46. The van der Waals surface area contributed by atoms with Gasteiger partial charge in [-0.25, -0.2) is 0 Å². The van der Waals surface area contributed by atoms with Crippen molar-refractivity contribution in [1.29, 1.82) is 0 Å². The van der Waals surface area contributed by atoms with E-state index in [-0.39, 0.29) is 0 Å². The van der Waals surface area contributed by atoms with Crippen LogP contribution < -0.4 is 0 Å². The summed E-state index contributed by atoms with van der Waals surface area (Å²) < 4.78 is 0. The van der Waals surface area contributed by atoms with E-state index in [4.69, 9.17) is 0 Å². The molecule has 0 aliphatic heterocycles. The number of allylic oxidation sites excluding steroid dienone is 1. The smallest absolute Gasteiger partial charge is 0.0230 e. The third-order valence-corrected chi connectivity index (χ3v) is 3.38. The second-order valence-electron chi connectivity index (χ2n) is 4.90. The van der Waals surface area contributed by atoms with E-state index in [1.165, 1.54) is 27.8 Å². The molecule has 0 saturated heterocycles. The maximum atomic E-state index is 4.19. The van der Waals surface area contributed by atoms with Gasteiger partial charge in [-0.1, -0.05) is 60.7 Å². The van der Waals surface area contributed by atoms with Gasteiger partial charge in [0.2, 0.25) is 0 Å². The lowest BCUT2D eigenvalue weighted by Crippen LogP contribution is -1.92.